The molecule has 1 heterocycles. The molecule has 1 saturated heterocycles. The number of hydrogen-bond acceptors (Lipinski definition) is 4. The van der Waals surface area contributed by atoms with Crippen molar-refractivity contribution >= 4 is 51.2 Å². The van der Waals surface area contributed by atoms with Gasteiger partial charge in [0.05, 0.1) is 3.57 Å². The van der Waals surface area contributed by atoms with Crippen molar-refractivity contribution in [1.29, 1.82) is 0 Å². The molecule has 3 rings (SSSR count). The zero-order chi connectivity index (χ0) is 17.2. The Bertz CT molecular complexity index is 743. The van der Waals surface area contributed by atoms with Gasteiger partial charge in [-0.3, -0.25) is 0 Å². The molecule has 4 nitrogen and oxygen atoms in total. The number of halogens is 2. The zero-order valence-electron chi connectivity index (χ0n) is 12.9. The molecule has 0 saturated carbocycles. The van der Waals surface area contributed by atoms with Crippen molar-refractivity contribution < 1.29 is 14.6 Å². The van der Waals surface area contributed by atoms with Crippen LogP contribution in [-0.2, 0) is 10.3 Å². The van der Waals surface area contributed by atoms with Gasteiger partial charge in [-0.2, -0.15) is 0 Å². The Morgan fingerprint density at radius 3 is 2.46 bits per heavy atom. The van der Waals surface area contributed by atoms with E-state index >= 15 is 0 Å². The van der Waals surface area contributed by atoms with Crippen LogP contribution in [0.3, 0.4) is 0 Å². The van der Waals surface area contributed by atoms with Crippen molar-refractivity contribution in [3.05, 3.63) is 60.7 Å². The summed E-state index contributed by atoms with van der Waals surface area (Å²) in [7, 11) is 0. The minimum atomic E-state index is -0.650. The number of hydrogen-bond donors (Lipinski definition) is 2. The van der Waals surface area contributed by atoms with Crippen molar-refractivity contribution in [3.8, 4) is 5.75 Å². The third-order valence-electron chi connectivity index (χ3n) is 4.25. The molecule has 0 aliphatic carbocycles. The van der Waals surface area contributed by atoms with Gasteiger partial charge in [0.25, 0.3) is 0 Å². The molecule has 24 heavy (non-hydrogen) atoms. The van der Waals surface area contributed by atoms with Crippen LogP contribution in [0.1, 0.15) is 28.8 Å². The molecule has 6 heteroatoms. The molecule has 0 spiro atoms. The predicted octanol–water partition coefficient (Wildman–Crippen LogP) is 4.04. The molecular weight excluding hydrogens is 532 g/mol. The van der Waals surface area contributed by atoms with E-state index in [-0.39, 0.29) is 11.3 Å². The number of phenols is 1. The summed E-state index contributed by atoms with van der Waals surface area (Å²) >= 11 is 4.16. The number of piperidine rings is 1. The molecule has 1 aliphatic heterocycles. The number of nitrogens with one attached hydrogen (secondary N) is 1. The van der Waals surface area contributed by atoms with Crippen molar-refractivity contribution in [1.82, 2.24) is 5.32 Å². The Kier molecular flexibility index (Phi) is 5.66. The van der Waals surface area contributed by atoms with Crippen LogP contribution in [0.4, 0.5) is 0 Å². The molecule has 126 valence electrons. The Labute approximate surface area is 168 Å². The third kappa shape index (κ3) is 3.70. The van der Waals surface area contributed by atoms with Crippen LogP contribution >= 0.6 is 45.2 Å². The van der Waals surface area contributed by atoms with E-state index in [4.69, 9.17) is 4.74 Å². The highest BCUT2D eigenvalue weighted by molar-refractivity contribution is 14.1. The van der Waals surface area contributed by atoms with Crippen molar-refractivity contribution in [2.45, 2.75) is 18.4 Å². The van der Waals surface area contributed by atoms with Crippen LogP contribution in [0.25, 0.3) is 0 Å². The van der Waals surface area contributed by atoms with Gasteiger partial charge in [-0.1, -0.05) is 30.3 Å². The first-order valence-electron chi connectivity index (χ1n) is 7.69. The van der Waals surface area contributed by atoms with Gasteiger partial charge in [0.15, 0.2) is 0 Å². The third-order valence-corrected chi connectivity index (χ3v) is 5.69. The van der Waals surface area contributed by atoms with Crippen LogP contribution in [0, 0.1) is 7.14 Å². The fourth-order valence-electron chi connectivity index (χ4n) is 2.98. The molecule has 0 radical (unpaired) electrons. The molecule has 2 aromatic rings. The second-order valence-electron chi connectivity index (χ2n) is 5.78. The quantitative estimate of drug-likeness (QED) is 0.449. The molecule has 2 aromatic carbocycles. The van der Waals surface area contributed by atoms with Gasteiger partial charge < -0.3 is 15.2 Å². The maximum absolute atomic E-state index is 12.8. The zero-order valence-corrected chi connectivity index (χ0v) is 17.2. The molecule has 1 aliphatic rings. The summed E-state index contributed by atoms with van der Waals surface area (Å²) in [6.07, 6.45) is 1.43. The number of aromatic hydroxyl groups is 1. The minimum absolute atomic E-state index is 0.0156. The molecule has 0 bridgehead atoms. The van der Waals surface area contributed by atoms with E-state index in [1.54, 1.807) is 6.07 Å². The fourth-order valence-corrected chi connectivity index (χ4v) is 4.82. The van der Waals surface area contributed by atoms with E-state index in [1.165, 1.54) is 0 Å². The van der Waals surface area contributed by atoms with Crippen molar-refractivity contribution in [2.24, 2.45) is 0 Å². The Hall–Kier alpha value is -0.870. The van der Waals surface area contributed by atoms with Crippen molar-refractivity contribution in [2.75, 3.05) is 13.1 Å². The minimum Gasteiger partial charge on any atom is -0.506 e. The Balaban J connectivity index is 1.95. The number of carbonyl (C=O) groups excluding carboxylic acids is 1. The molecule has 1 fully saturated rings. The molecule has 0 atom stereocenters. The highest BCUT2D eigenvalue weighted by atomic mass is 127. The summed E-state index contributed by atoms with van der Waals surface area (Å²) in [6, 6.07) is 13.4. The maximum atomic E-state index is 12.8. The predicted molar refractivity (Wildman–Crippen MR) is 109 cm³/mol. The van der Waals surface area contributed by atoms with Gasteiger partial charge >= 0.3 is 5.97 Å². The number of benzene rings is 2. The Morgan fingerprint density at radius 2 is 1.79 bits per heavy atom. The van der Waals surface area contributed by atoms with Gasteiger partial charge in [0.2, 0.25) is 0 Å². The molecule has 0 unspecified atom stereocenters. The summed E-state index contributed by atoms with van der Waals surface area (Å²) in [4.78, 5) is 12.8. The number of esters is 1. The lowest BCUT2D eigenvalue weighted by Crippen LogP contribution is -2.43. The highest BCUT2D eigenvalue weighted by Crippen LogP contribution is 2.37. The average molecular weight is 549 g/mol. The number of phenolic OH excluding ortho intramolecular Hbond substituents is 1. The fraction of sp³-hybridized carbons (Fsp3) is 0.278. The normalized spacial score (nSPS) is 16.6. The van der Waals surface area contributed by atoms with E-state index < -0.39 is 11.6 Å². The summed E-state index contributed by atoms with van der Waals surface area (Å²) < 4.78 is 7.53. The van der Waals surface area contributed by atoms with Gasteiger partial charge in [-0.05, 0) is 76.0 Å². The lowest BCUT2D eigenvalue weighted by Gasteiger charge is -2.37. The summed E-state index contributed by atoms with van der Waals surface area (Å²) in [5.74, 6) is -0.493. The summed E-state index contributed by atoms with van der Waals surface area (Å²) in [5, 5.41) is 13.6. The molecule has 0 aromatic heterocycles. The number of rotatable bonds is 3. The second-order valence-corrected chi connectivity index (χ2v) is 8.19. The largest absolute Gasteiger partial charge is 0.506 e. The first-order chi connectivity index (χ1) is 11.5. The van der Waals surface area contributed by atoms with Crippen LogP contribution in [0.15, 0.2) is 42.5 Å². The van der Waals surface area contributed by atoms with E-state index in [0.717, 1.165) is 22.2 Å². The maximum Gasteiger partial charge on any atom is 0.342 e. The van der Waals surface area contributed by atoms with E-state index in [0.29, 0.717) is 16.4 Å². The van der Waals surface area contributed by atoms with Gasteiger partial charge in [0.1, 0.15) is 16.9 Å². The van der Waals surface area contributed by atoms with Gasteiger partial charge in [-0.15, -0.1) is 0 Å². The van der Waals surface area contributed by atoms with Gasteiger partial charge in [-0.25, -0.2) is 4.79 Å². The van der Waals surface area contributed by atoms with Crippen LogP contribution in [0.2, 0.25) is 0 Å². The first-order valence-corrected chi connectivity index (χ1v) is 9.85. The standard InChI is InChI=1S/C18H17I2NO3/c19-13-10-14(16(22)15(20)11-13)17(23)24-18(6-8-21-9-7-18)12-4-2-1-3-5-12/h1-5,10-11,21-22H,6-9H2. The first kappa shape index (κ1) is 17.9. The van der Waals surface area contributed by atoms with Crippen LogP contribution in [-0.4, -0.2) is 24.2 Å². The topological polar surface area (TPSA) is 58.6 Å². The van der Waals surface area contributed by atoms with Crippen molar-refractivity contribution in [3.63, 3.8) is 0 Å². The molecular formula is C18H17I2NO3. The molecule has 2 N–H and O–H groups in total. The number of carbonyl (C=O) groups is 1. The SMILES string of the molecule is O=C(OC1(c2ccccc2)CCNCC1)c1cc(I)cc(I)c1O. The average Bonchev–Trinajstić information content (AvgIpc) is 2.59. The van der Waals surface area contributed by atoms with Crippen LogP contribution in [0.5, 0.6) is 5.75 Å². The Morgan fingerprint density at radius 1 is 1.12 bits per heavy atom. The number of ether oxygens (including phenoxy) is 1. The van der Waals surface area contributed by atoms with Gasteiger partial charge in [0, 0.05) is 16.4 Å². The molecule has 0 amide bonds. The second kappa shape index (κ2) is 7.57. The van der Waals surface area contributed by atoms with E-state index in [1.807, 2.05) is 59.0 Å². The highest BCUT2D eigenvalue weighted by Gasteiger charge is 2.38. The lowest BCUT2D eigenvalue weighted by molar-refractivity contribution is -0.0380. The smallest absolute Gasteiger partial charge is 0.342 e. The summed E-state index contributed by atoms with van der Waals surface area (Å²) in [5.41, 5.74) is 0.572. The summed E-state index contributed by atoms with van der Waals surface area (Å²) in [6.45, 7) is 1.58. The lowest BCUT2D eigenvalue weighted by atomic mass is 9.84. The van der Waals surface area contributed by atoms with E-state index in [9.17, 15) is 9.90 Å². The monoisotopic (exact) mass is 549 g/mol. The van der Waals surface area contributed by atoms with Crippen LogP contribution < -0.4 is 5.32 Å². The van der Waals surface area contributed by atoms with E-state index in [2.05, 4.69) is 27.9 Å².